The molecular weight excluding hydrogens is 358 g/mol. The van der Waals surface area contributed by atoms with Crippen molar-refractivity contribution in [2.24, 2.45) is 5.92 Å². The molecule has 1 saturated carbocycles. The summed E-state index contributed by atoms with van der Waals surface area (Å²) in [6, 6.07) is 3.82. The van der Waals surface area contributed by atoms with Crippen LogP contribution in [0.15, 0.2) is 12.1 Å². The summed E-state index contributed by atoms with van der Waals surface area (Å²) < 4.78 is 45.2. The second kappa shape index (κ2) is 4.92. The van der Waals surface area contributed by atoms with Crippen molar-refractivity contribution < 1.29 is 31.5 Å². The predicted octanol–water partition coefficient (Wildman–Crippen LogP) is 0.700. The van der Waals surface area contributed by atoms with Gasteiger partial charge < -0.3 is 23.1 Å². The Balaban J connectivity index is 1.75. The molecule has 7 nitrogen and oxygen atoms in total. The molecule has 1 N–H and O–H groups in total. The number of hydrogen-bond donors (Lipinski definition) is 1. The number of aliphatic hydroxyl groups excluding tert-OH is 1. The van der Waals surface area contributed by atoms with Gasteiger partial charge in [-0.05, 0) is 24.5 Å². The molecule has 0 amide bonds. The number of nitrogens with zero attached hydrogens (tertiary/aromatic N) is 1. The van der Waals surface area contributed by atoms with Crippen molar-refractivity contribution >= 4 is 10.4 Å². The Bertz CT molecular complexity index is 897. The summed E-state index contributed by atoms with van der Waals surface area (Å²) in [6.07, 6.45) is 2.35. The first-order chi connectivity index (χ1) is 12.1. The molecule has 4 aliphatic rings. The van der Waals surface area contributed by atoms with Crippen LogP contribution in [-0.4, -0.2) is 61.4 Å². The minimum absolute atomic E-state index is 0.0498. The number of likely N-dealkylation sites (N-methyl/N-ethyl adjacent to an activating group) is 1. The third kappa shape index (κ3) is 2.01. The Morgan fingerprint density at radius 2 is 2.12 bits per heavy atom. The fraction of sp³-hybridized carbons (Fsp3) is 0.667. The van der Waals surface area contributed by atoms with E-state index >= 15 is 0 Å². The van der Waals surface area contributed by atoms with E-state index in [0.29, 0.717) is 24.1 Å². The lowest BCUT2D eigenvalue weighted by Crippen LogP contribution is -2.71. The van der Waals surface area contributed by atoms with Crippen LogP contribution in [0.25, 0.3) is 0 Å². The van der Waals surface area contributed by atoms with Crippen LogP contribution in [0.4, 0.5) is 0 Å². The smallest absolute Gasteiger partial charge is 0.262 e. The normalized spacial score (nSPS) is 39.1. The molecule has 0 unspecified atom stereocenters. The molecule has 2 heterocycles. The number of aliphatic hydroxyl groups is 1. The van der Waals surface area contributed by atoms with Gasteiger partial charge in [0.15, 0.2) is 11.5 Å². The maximum Gasteiger partial charge on any atom is 0.262 e. The number of benzene rings is 1. The maximum atomic E-state index is 11.2. The zero-order chi connectivity index (χ0) is 18.5. The lowest BCUT2D eigenvalue weighted by molar-refractivity contribution is -0.927. The fourth-order valence-electron chi connectivity index (χ4n) is 6.26. The van der Waals surface area contributed by atoms with E-state index < -0.39 is 22.6 Å². The van der Waals surface area contributed by atoms with Crippen LogP contribution >= 0.6 is 0 Å². The molecule has 2 aliphatic heterocycles. The molecule has 0 aromatic heterocycles. The van der Waals surface area contributed by atoms with Crippen molar-refractivity contribution in [1.29, 1.82) is 0 Å². The van der Waals surface area contributed by atoms with Crippen LogP contribution in [0.3, 0.4) is 0 Å². The summed E-state index contributed by atoms with van der Waals surface area (Å²) in [4.78, 5) is 0. The molecule has 2 bridgehead atoms. The highest BCUT2D eigenvalue weighted by molar-refractivity contribution is 7.81. The number of ether oxygens (including phenoxy) is 1. The van der Waals surface area contributed by atoms with Gasteiger partial charge in [0.1, 0.15) is 6.10 Å². The monoisotopic (exact) mass is 381 g/mol. The van der Waals surface area contributed by atoms with E-state index in [0.717, 1.165) is 41.4 Å². The summed E-state index contributed by atoms with van der Waals surface area (Å²) in [5.41, 5.74) is 1.79. The number of rotatable bonds is 2. The van der Waals surface area contributed by atoms with Gasteiger partial charge in [0.05, 0.1) is 38.2 Å². The third-order valence-corrected chi connectivity index (χ3v) is 7.68. The summed E-state index contributed by atoms with van der Waals surface area (Å²) in [5.74, 6) is 0.669. The Morgan fingerprint density at radius 3 is 2.85 bits per heavy atom. The molecule has 8 heteroatoms. The lowest BCUT2D eigenvalue weighted by Gasteiger charge is -2.60. The van der Waals surface area contributed by atoms with Gasteiger partial charge in [-0.1, -0.05) is 6.07 Å². The topological polar surface area (TPSA) is 95.9 Å². The minimum Gasteiger partial charge on any atom is -0.716 e. The summed E-state index contributed by atoms with van der Waals surface area (Å²) in [7, 11) is -0.362. The molecule has 1 saturated heterocycles. The highest BCUT2D eigenvalue weighted by atomic mass is 32.3. The van der Waals surface area contributed by atoms with Gasteiger partial charge in [0.2, 0.25) is 0 Å². The van der Waals surface area contributed by atoms with E-state index in [9.17, 15) is 18.1 Å². The van der Waals surface area contributed by atoms with E-state index in [1.54, 1.807) is 0 Å². The van der Waals surface area contributed by atoms with Gasteiger partial charge in [-0.2, -0.15) is 0 Å². The zero-order valence-corrected chi connectivity index (χ0v) is 15.7. The number of quaternary nitrogens is 1. The van der Waals surface area contributed by atoms with E-state index in [4.69, 9.17) is 4.74 Å². The molecule has 26 heavy (non-hydrogen) atoms. The van der Waals surface area contributed by atoms with Gasteiger partial charge >= 0.3 is 0 Å². The molecule has 1 spiro atoms. The molecule has 1 aromatic carbocycles. The zero-order valence-electron chi connectivity index (χ0n) is 14.8. The maximum absolute atomic E-state index is 11.2. The van der Waals surface area contributed by atoms with Crippen molar-refractivity contribution in [1.82, 2.24) is 0 Å². The summed E-state index contributed by atoms with van der Waals surface area (Å²) in [5, 5.41) is 10.7. The number of likely N-dealkylation sites (tertiary alicyclic amines) is 1. The van der Waals surface area contributed by atoms with Crippen LogP contribution in [-0.2, 0) is 22.2 Å². The first kappa shape index (κ1) is 16.8. The first-order valence-electron chi connectivity index (χ1n) is 9.12. The predicted molar refractivity (Wildman–Crippen MR) is 90.7 cm³/mol. The standard InChI is InChI=1S/C18H23NO6S/c1-19(2)8-7-18-11-4-5-13(20)17(18)24-16-14(25-26(21,22)23)6-3-10(15(16)18)9-12(11)19/h3,6,11-13,17,20H,4-5,7-9H2,1-2H3/t11-,12+,13-,17-,18-/m0/s1. The van der Waals surface area contributed by atoms with Crippen molar-refractivity contribution in [2.45, 2.75) is 49.3 Å². The van der Waals surface area contributed by atoms with E-state index in [2.05, 4.69) is 18.3 Å². The van der Waals surface area contributed by atoms with Crippen LogP contribution in [0, 0.1) is 5.92 Å². The number of piperidine rings is 1. The SMILES string of the molecule is C[N+]1(C)CC[C@]23c4c5ccc(OS(=O)(=O)[O-])c4O[C@H]2[C@@H](O)CC[C@H]3[C@H]1C5. The highest BCUT2D eigenvalue weighted by Gasteiger charge is 2.68. The fourth-order valence-corrected chi connectivity index (χ4v) is 6.61. The van der Waals surface area contributed by atoms with Gasteiger partial charge in [0, 0.05) is 24.3 Å². The lowest BCUT2D eigenvalue weighted by atomic mass is 9.51. The van der Waals surface area contributed by atoms with Crippen LogP contribution in [0.1, 0.15) is 30.4 Å². The van der Waals surface area contributed by atoms with Crippen molar-refractivity contribution in [2.75, 3.05) is 20.6 Å². The van der Waals surface area contributed by atoms with E-state index in [1.807, 2.05) is 6.07 Å². The molecule has 142 valence electrons. The van der Waals surface area contributed by atoms with Crippen molar-refractivity contribution in [3.8, 4) is 11.5 Å². The molecular formula is C18H23NO6S. The van der Waals surface area contributed by atoms with Crippen LogP contribution < -0.4 is 8.92 Å². The van der Waals surface area contributed by atoms with Crippen molar-refractivity contribution in [3.63, 3.8) is 0 Å². The largest absolute Gasteiger partial charge is 0.716 e. The Morgan fingerprint density at radius 1 is 1.35 bits per heavy atom. The molecule has 1 aromatic rings. The Labute approximate surface area is 153 Å². The quantitative estimate of drug-likeness (QED) is 0.460. The second-order valence-electron chi connectivity index (χ2n) is 8.77. The molecule has 5 rings (SSSR count). The van der Waals surface area contributed by atoms with E-state index in [1.165, 1.54) is 6.07 Å². The Kier molecular flexibility index (Phi) is 3.18. The highest BCUT2D eigenvalue weighted by Crippen LogP contribution is 2.64. The molecule has 5 atom stereocenters. The van der Waals surface area contributed by atoms with Crippen LogP contribution in [0.2, 0.25) is 0 Å². The molecule has 2 fully saturated rings. The van der Waals surface area contributed by atoms with Crippen molar-refractivity contribution in [3.05, 3.63) is 23.3 Å². The average molecular weight is 381 g/mol. The average Bonchev–Trinajstić information content (AvgIpc) is 2.89. The van der Waals surface area contributed by atoms with Gasteiger partial charge in [-0.15, -0.1) is 0 Å². The minimum atomic E-state index is -4.89. The first-order valence-corrected chi connectivity index (χ1v) is 10.5. The summed E-state index contributed by atoms with van der Waals surface area (Å²) in [6.45, 7) is 0.970. The second-order valence-corrected chi connectivity index (χ2v) is 9.76. The van der Waals surface area contributed by atoms with Gasteiger partial charge in [-0.25, -0.2) is 8.42 Å². The van der Waals surface area contributed by atoms with Gasteiger partial charge in [0.25, 0.3) is 10.4 Å². The number of hydrogen-bond acceptors (Lipinski definition) is 6. The Hall–Kier alpha value is -1.35. The molecule has 2 aliphatic carbocycles. The third-order valence-electron chi connectivity index (χ3n) is 7.30. The van der Waals surface area contributed by atoms with Gasteiger partial charge in [-0.3, -0.25) is 0 Å². The molecule has 0 radical (unpaired) electrons. The van der Waals surface area contributed by atoms with E-state index in [-0.39, 0.29) is 11.2 Å². The summed E-state index contributed by atoms with van der Waals surface area (Å²) >= 11 is 0. The van der Waals surface area contributed by atoms with Crippen LogP contribution in [0.5, 0.6) is 11.5 Å².